The Morgan fingerprint density at radius 1 is 0.690 bits per heavy atom. The van der Waals surface area contributed by atoms with Crippen LogP contribution in [0.1, 0.15) is 40.2 Å². The van der Waals surface area contributed by atoms with Gasteiger partial charge < -0.3 is 4.74 Å². The number of rotatable bonds is 3. The normalized spacial score (nSPS) is 17.2. The van der Waals surface area contributed by atoms with Crippen molar-refractivity contribution < 1.29 is 4.74 Å². The van der Waals surface area contributed by atoms with Crippen LogP contribution in [-0.4, -0.2) is 0 Å². The van der Waals surface area contributed by atoms with E-state index in [0.717, 1.165) is 12.2 Å². The van der Waals surface area contributed by atoms with Crippen LogP contribution in [0, 0.1) is 6.92 Å². The number of aryl methyl sites for hydroxylation is 1. The molecule has 0 fully saturated rings. The molecule has 1 nitrogen and oxygen atoms in total. The molecule has 0 N–H and O–H groups in total. The number of hydrogen-bond donors (Lipinski definition) is 0. The Labute approximate surface area is 172 Å². The maximum Gasteiger partial charge on any atom is 0.160 e. The number of benzene rings is 4. The Hall–Kier alpha value is -3.32. The fourth-order valence-corrected chi connectivity index (χ4v) is 4.58. The molecule has 0 saturated carbocycles. The molecule has 4 aromatic rings. The highest BCUT2D eigenvalue weighted by Gasteiger charge is 2.44. The highest BCUT2D eigenvalue weighted by Crippen LogP contribution is 2.51. The second-order valence-corrected chi connectivity index (χ2v) is 7.87. The van der Waals surface area contributed by atoms with Crippen molar-refractivity contribution in [2.75, 3.05) is 0 Å². The van der Waals surface area contributed by atoms with E-state index in [9.17, 15) is 0 Å². The summed E-state index contributed by atoms with van der Waals surface area (Å²) in [5, 5.41) is 0. The van der Waals surface area contributed by atoms with Crippen molar-refractivity contribution in [2.45, 2.75) is 24.9 Å². The van der Waals surface area contributed by atoms with Gasteiger partial charge in [0.15, 0.2) is 5.60 Å². The molecule has 0 saturated heterocycles. The van der Waals surface area contributed by atoms with E-state index in [1.54, 1.807) is 0 Å². The largest absolute Gasteiger partial charge is 0.477 e. The molecular formula is C28H24O. The molecule has 0 aromatic heterocycles. The average molecular weight is 376 g/mol. The monoisotopic (exact) mass is 376 g/mol. The van der Waals surface area contributed by atoms with Gasteiger partial charge in [0.05, 0.1) is 0 Å². The van der Waals surface area contributed by atoms with Gasteiger partial charge in [-0.25, -0.2) is 0 Å². The minimum atomic E-state index is -0.523. The first-order valence-electron chi connectivity index (χ1n) is 10.2. The summed E-state index contributed by atoms with van der Waals surface area (Å²) in [6.45, 7) is 2.15. The lowest BCUT2D eigenvalue weighted by molar-refractivity contribution is 0.0775. The topological polar surface area (TPSA) is 9.23 Å². The molecular weight excluding hydrogens is 352 g/mol. The van der Waals surface area contributed by atoms with Crippen LogP contribution in [0.25, 0.3) is 0 Å². The van der Waals surface area contributed by atoms with E-state index >= 15 is 0 Å². The van der Waals surface area contributed by atoms with Gasteiger partial charge in [-0.1, -0.05) is 109 Å². The van der Waals surface area contributed by atoms with E-state index in [4.69, 9.17) is 4.74 Å². The zero-order chi connectivity index (χ0) is 19.7. The average Bonchev–Trinajstić information content (AvgIpc) is 2.80. The van der Waals surface area contributed by atoms with Gasteiger partial charge >= 0.3 is 0 Å². The highest BCUT2D eigenvalue weighted by molar-refractivity contribution is 5.51. The SMILES string of the molecule is Cc1ccc2c(c1)C(c1ccccc1)CC(c1ccccc1)(c1ccccc1)O2. The molecule has 1 aliphatic heterocycles. The summed E-state index contributed by atoms with van der Waals surface area (Å²) in [6.07, 6.45) is 0.863. The lowest BCUT2D eigenvalue weighted by Crippen LogP contribution is -2.40. The molecule has 1 heteroatoms. The molecule has 0 spiro atoms. The summed E-state index contributed by atoms with van der Waals surface area (Å²) >= 11 is 0. The van der Waals surface area contributed by atoms with Gasteiger partial charge in [-0.2, -0.15) is 0 Å². The van der Waals surface area contributed by atoms with Crippen LogP contribution in [0.15, 0.2) is 109 Å². The second kappa shape index (κ2) is 7.25. The van der Waals surface area contributed by atoms with E-state index in [-0.39, 0.29) is 5.92 Å². The van der Waals surface area contributed by atoms with Gasteiger partial charge in [0.1, 0.15) is 5.75 Å². The van der Waals surface area contributed by atoms with E-state index in [2.05, 4.69) is 116 Å². The fourth-order valence-electron chi connectivity index (χ4n) is 4.58. The van der Waals surface area contributed by atoms with Crippen molar-refractivity contribution in [2.24, 2.45) is 0 Å². The number of hydrogen-bond acceptors (Lipinski definition) is 1. The van der Waals surface area contributed by atoms with Gasteiger partial charge in [-0.3, -0.25) is 0 Å². The van der Waals surface area contributed by atoms with Crippen LogP contribution in [0.2, 0.25) is 0 Å². The first-order chi connectivity index (χ1) is 14.3. The van der Waals surface area contributed by atoms with Gasteiger partial charge in [-0.15, -0.1) is 0 Å². The van der Waals surface area contributed by atoms with Crippen molar-refractivity contribution in [1.82, 2.24) is 0 Å². The van der Waals surface area contributed by atoms with Crippen molar-refractivity contribution in [3.05, 3.63) is 137 Å². The Morgan fingerprint density at radius 2 is 1.24 bits per heavy atom. The second-order valence-electron chi connectivity index (χ2n) is 7.87. The highest BCUT2D eigenvalue weighted by atomic mass is 16.5. The van der Waals surface area contributed by atoms with Crippen molar-refractivity contribution >= 4 is 0 Å². The summed E-state index contributed by atoms with van der Waals surface area (Å²) in [5.41, 5.74) is 5.74. The summed E-state index contributed by atoms with van der Waals surface area (Å²) in [6, 6.07) is 38.7. The third-order valence-electron chi connectivity index (χ3n) is 6.00. The van der Waals surface area contributed by atoms with E-state index < -0.39 is 5.60 Å². The van der Waals surface area contributed by atoms with Crippen molar-refractivity contribution in [1.29, 1.82) is 0 Å². The third kappa shape index (κ3) is 3.13. The van der Waals surface area contributed by atoms with E-state index in [1.807, 2.05) is 0 Å². The predicted octanol–water partition coefficient (Wildman–Crippen LogP) is 6.85. The third-order valence-corrected chi connectivity index (χ3v) is 6.00. The minimum Gasteiger partial charge on any atom is -0.477 e. The molecule has 4 aromatic carbocycles. The molecule has 0 bridgehead atoms. The maximum atomic E-state index is 6.90. The molecule has 0 radical (unpaired) electrons. The van der Waals surface area contributed by atoms with E-state index in [1.165, 1.54) is 27.8 Å². The zero-order valence-electron chi connectivity index (χ0n) is 16.6. The Bertz CT molecular complexity index is 1060. The molecule has 1 unspecified atom stereocenters. The Morgan fingerprint density at radius 3 is 1.83 bits per heavy atom. The zero-order valence-corrected chi connectivity index (χ0v) is 16.6. The van der Waals surface area contributed by atoms with Crippen LogP contribution >= 0.6 is 0 Å². The maximum absolute atomic E-state index is 6.90. The molecule has 1 aliphatic rings. The lowest BCUT2D eigenvalue weighted by atomic mass is 9.72. The van der Waals surface area contributed by atoms with Gasteiger partial charge in [-0.05, 0) is 29.7 Å². The van der Waals surface area contributed by atoms with Gasteiger partial charge in [0.2, 0.25) is 0 Å². The van der Waals surface area contributed by atoms with E-state index in [0.29, 0.717) is 0 Å². The lowest BCUT2D eigenvalue weighted by Gasteiger charge is -2.43. The number of fused-ring (bicyclic) bond motifs is 1. The van der Waals surface area contributed by atoms with Crippen LogP contribution in [0.4, 0.5) is 0 Å². The smallest absolute Gasteiger partial charge is 0.160 e. The summed E-state index contributed by atoms with van der Waals surface area (Å²) in [7, 11) is 0. The van der Waals surface area contributed by atoms with Crippen LogP contribution in [-0.2, 0) is 5.60 Å². The predicted molar refractivity (Wildman–Crippen MR) is 118 cm³/mol. The summed E-state index contributed by atoms with van der Waals surface area (Å²) in [4.78, 5) is 0. The molecule has 5 rings (SSSR count). The molecule has 1 atom stereocenters. The van der Waals surface area contributed by atoms with Crippen LogP contribution in [0.5, 0.6) is 5.75 Å². The van der Waals surface area contributed by atoms with Gasteiger partial charge in [0, 0.05) is 17.9 Å². The molecule has 0 amide bonds. The molecule has 0 aliphatic carbocycles. The van der Waals surface area contributed by atoms with Crippen LogP contribution < -0.4 is 4.74 Å². The first kappa shape index (κ1) is 17.8. The first-order valence-corrected chi connectivity index (χ1v) is 10.2. The van der Waals surface area contributed by atoms with Crippen molar-refractivity contribution in [3.63, 3.8) is 0 Å². The van der Waals surface area contributed by atoms with Gasteiger partial charge in [0.25, 0.3) is 0 Å². The molecule has 1 heterocycles. The van der Waals surface area contributed by atoms with Crippen molar-refractivity contribution in [3.8, 4) is 5.75 Å². The quantitative estimate of drug-likeness (QED) is 0.380. The fraction of sp³-hybridized carbons (Fsp3) is 0.143. The Balaban J connectivity index is 1.76. The standard InChI is InChI=1S/C28H24O/c1-21-17-18-27-25(19-21)26(22-11-5-2-6-12-22)20-28(29-27,23-13-7-3-8-14-23)24-15-9-4-10-16-24/h2-19,26H,20H2,1H3. The summed E-state index contributed by atoms with van der Waals surface area (Å²) < 4.78 is 6.90. The minimum absolute atomic E-state index is 0.264. The molecule has 29 heavy (non-hydrogen) atoms. The van der Waals surface area contributed by atoms with Crippen LogP contribution in [0.3, 0.4) is 0 Å². The number of ether oxygens (including phenoxy) is 1. The summed E-state index contributed by atoms with van der Waals surface area (Å²) in [5.74, 6) is 1.24. The Kier molecular flexibility index (Phi) is 4.44. The molecule has 142 valence electrons.